The van der Waals surface area contributed by atoms with Crippen molar-refractivity contribution in [2.45, 2.75) is 0 Å². The van der Waals surface area contributed by atoms with Gasteiger partial charge in [0.2, 0.25) is 0 Å². The van der Waals surface area contributed by atoms with Crippen molar-refractivity contribution in [3.8, 4) is 11.3 Å². The monoisotopic (exact) mass is 327 g/mol. The maximum absolute atomic E-state index is 6.08. The molecule has 2 aromatic heterocycles. The Morgan fingerprint density at radius 3 is 2.50 bits per heavy atom. The summed E-state index contributed by atoms with van der Waals surface area (Å²) < 4.78 is 0. The number of rotatable bonds is 5. The van der Waals surface area contributed by atoms with Crippen molar-refractivity contribution in [1.29, 1.82) is 0 Å². The average molecular weight is 327 g/mol. The van der Waals surface area contributed by atoms with Gasteiger partial charge >= 0.3 is 0 Å². The molecule has 0 atom stereocenters. The number of anilines is 2. The summed E-state index contributed by atoms with van der Waals surface area (Å²) in [7, 11) is 4.22. The molecule has 0 spiro atoms. The lowest BCUT2D eigenvalue weighted by Gasteiger charge is -2.36. The molecule has 128 valence electrons. The highest BCUT2D eigenvalue weighted by Crippen LogP contribution is 2.24. The molecule has 7 heteroatoms. The smallest absolute Gasteiger partial charge is 0.172 e. The highest BCUT2D eigenvalue weighted by Gasteiger charge is 2.20. The summed E-state index contributed by atoms with van der Waals surface area (Å²) in [5.74, 6) is 1.28. The van der Waals surface area contributed by atoms with Crippen molar-refractivity contribution >= 4 is 11.6 Å². The molecule has 2 N–H and O–H groups in total. The van der Waals surface area contributed by atoms with E-state index in [0.29, 0.717) is 5.82 Å². The minimum Gasteiger partial charge on any atom is -0.381 e. The molecule has 0 saturated carbocycles. The highest BCUT2D eigenvalue weighted by atomic mass is 15.3. The molecule has 1 aliphatic rings. The molecule has 3 heterocycles. The third-order valence-electron chi connectivity index (χ3n) is 4.29. The largest absolute Gasteiger partial charge is 0.381 e. The van der Waals surface area contributed by atoms with Crippen LogP contribution in [0.3, 0.4) is 0 Å². The zero-order valence-electron chi connectivity index (χ0n) is 14.4. The quantitative estimate of drug-likeness (QED) is 0.871. The first-order valence-corrected chi connectivity index (χ1v) is 8.28. The number of likely N-dealkylation sites (N-methyl/N-ethyl adjacent to an activating group) is 1. The van der Waals surface area contributed by atoms with Gasteiger partial charge in [0, 0.05) is 57.2 Å². The molecule has 0 aliphatic carbocycles. The summed E-state index contributed by atoms with van der Waals surface area (Å²) in [5.41, 5.74) is 7.92. The first kappa shape index (κ1) is 16.6. The van der Waals surface area contributed by atoms with Crippen molar-refractivity contribution in [2.24, 2.45) is 0 Å². The van der Waals surface area contributed by atoms with Crippen LogP contribution in [0.5, 0.6) is 0 Å². The van der Waals surface area contributed by atoms with E-state index in [1.54, 1.807) is 18.6 Å². The molecule has 7 nitrogen and oxygen atoms in total. The first-order valence-electron chi connectivity index (χ1n) is 8.28. The number of aromatic nitrogens is 3. The van der Waals surface area contributed by atoms with Crippen LogP contribution in [0, 0.1) is 0 Å². The van der Waals surface area contributed by atoms with Crippen LogP contribution in [0.25, 0.3) is 11.3 Å². The number of nitrogens with zero attached hydrogens (tertiary/aromatic N) is 6. The normalized spacial score (nSPS) is 15.9. The van der Waals surface area contributed by atoms with E-state index in [1.807, 2.05) is 12.1 Å². The molecular formula is C17H25N7. The molecule has 0 unspecified atom stereocenters. The van der Waals surface area contributed by atoms with Gasteiger partial charge in [-0.05, 0) is 26.2 Å². The summed E-state index contributed by atoms with van der Waals surface area (Å²) >= 11 is 0. The van der Waals surface area contributed by atoms with Crippen LogP contribution in [-0.4, -0.2) is 78.1 Å². The Labute approximate surface area is 143 Å². The van der Waals surface area contributed by atoms with Gasteiger partial charge in [-0.3, -0.25) is 9.88 Å². The second-order valence-electron chi connectivity index (χ2n) is 6.33. The Bertz CT molecular complexity index is 651. The Kier molecular flexibility index (Phi) is 5.22. The van der Waals surface area contributed by atoms with E-state index in [9.17, 15) is 0 Å². The highest BCUT2D eigenvalue weighted by molar-refractivity contribution is 5.65. The molecule has 0 aromatic carbocycles. The number of nitrogen functional groups attached to an aromatic ring is 1. The second-order valence-corrected chi connectivity index (χ2v) is 6.33. The molecule has 3 rings (SSSR count). The molecule has 1 fully saturated rings. The van der Waals surface area contributed by atoms with Crippen LogP contribution in [-0.2, 0) is 0 Å². The van der Waals surface area contributed by atoms with Gasteiger partial charge in [-0.2, -0.15) is 0 Å². The van der Waals surface area contributed by atoms with Crippen LogP contribution in [0.4, 0.5) is 11.6 Å². The maximum atomic E-state index is 6.08. The first-order chi connectivity index (χ1) is 11.6. The van der Waals surface area contributed by atoms with Gasteiger partial charge in [0.1, 0.15) is 0 Å². The SMILES string of the molecule is CN(C)CCN1CCN(c2nc(-c3ccncc3)cnc2N)CC1. The molecule has 2 aromatic rings. The predicted octanol–water partition coefficient (Wildman–Crippen LogP) is 0.804. The third kappa shape index (κ3) is 3.98. The van der Waals surface area contributed by atoms with Crippen molar-refractivity contribution in [3.63, 3.8) is 0 Å². The Morgan fingerprint density at radius 2 is 1.83 bits per heavy atom. The van der Waals surface area contributed by atoms with E-state index in [2.05, 4.69) is 38.8 Å². The van der Waals surface area contributed by atoms with Gasteiger partial charge in [0.25, 0.3) is 0 Å². The third-order valence-corrected chi connectivity index (χ3v) is 4.29. The Hall–Kier alpha value is -2.25. The summed E-state index contributed by atoms with van der Waals surface area (Å²) in [5, 5.41) is 0. The lowest BCUT2D eigenvalue weighted by atomic mass is 10.2. The van der Waals surface area contributed by atoms with Gasteiger partial charge in [0.05, 0.1) is 11.9 Å². The molecule has 1 saturated heterocycles. The van der Waals surface area contributed by atoms with E-state index in [-0.39, 0.29) is 0 Å². The zero-order valence-corrected chi connectivity index (χ0v) is 14.4. The Morgan fingerprint density at radius 1 is 1.12 bits per heavy atom. The Balaban J connectivity index is 1.69. The van der Waals surface area contributed by atoms with E-state index < -0.39 is 0 Å². The van der Waals surface area contributed by atoms with E-state index in [0.717, 1.165) is 56.3 Å². The summed E-state index contributed by atoms with van der Waals surface area (Å²) in [6.45, 7) is 6.07. The number of hydrogen-bond donors (Lipinski definition) is 1. The lowest BCUT2D eigenvalue weighted by molar-refractivity contribution is 0.229. The number of piperazine rings is 1. The van der Waals surface area contributed by atoms with Crippen LogP contribution >= 0.6 is 0 Å². The second kappa shape index (κ2) is 7.55. The molecule has 24 heavy (non-hydrogen) atoms. The van der Waals surface area contributed by atoms with E-state index >= 15 is 0 Å². The number of nitrogens with two attached hydrogens (primary N) is 1. The van der Waals surface area contributed by atoms with Crippen LogP contribution in [0.15, 0.2) is 30.7 Å². The minimum absolute atomic E-state index is 0.495. The summed E-state index contributed by atoms with van der Waals surface area (Å²) in [6, 6.07) is 3.87. The summed E-state index contributed by atoms with van der Waals surface area (Å²) in [4.78, 5) is 20.1. The average Bonchev–Trinajstić information content (AvgIpc) is 2.62. The predicted molar refractivity (Wildman–Crippen MR) is 96.9 cm³/mol. The zero-order chi connectivity index (χ0) is 16.9. The fourth-order valence-electron chi connectivity index (χ4n) is 2.81. The van der Waals surface area contributed by atoms with Crippen molar-refractivity contribution in [2.75, 3.05) is 64.0 Å². The van der Waals surface area contributed by atoms with Crippen LogP contribution in [0.2, 0.25) is 0 Å². The van der Waals surface area contributed by atoms with Crippen LogP contribution in [0.1, 0.15) is 0 Å². The summed E-state index contributed by atoms with van der Waals surface area (Å²) in [6.07, 6.45) is 5.24. The van der Waals surface area contributed by atoms with Crippen molar-refractivity contribution in [3.05, 3.63) is 30.7 Å². The molecule has 0 amide bonds. The van der Waals surface area contributed by atoms with Gasteiger partial charge in [-0.15, -0.1) is 0 Å². The molecule has 0 bridgehead atoms. The topological polar surface area (TPSA) is 74.4 Å². The minimum atomic E-state index is 0.495. The molecular weight excluding hydrogens is 302 g/mol. The molecule has 1 aliphatic heterocycles. The number of hydrogen-bond acceptors (Lipinski definition) is 7. The number of pyridine rings is 1. The van der Waals surface area contributed by atoms with Crippen LogP contribution < -0.4 is 10.6 Å². The fourth-order valence-corrected chi connectivity index (χ4v) is 2.81. The maximum Gasteiger partial charge on any atom is 0.172 e. The fraction of sp³-hybridized carbons (Fsp3) is 0.471. The van der Waals surface area contributed by atoms with E-state index in [4.69, 9.17) is 10.7 Å². The van der Waals surface area contributed by atoms with Gasteiger partial charge < -0.3 is 15.5 Å². The van der Waals surface area contributed by atoms with Crippen molar-refractivity contribution in [1.82, 2.24) is 24.8 Å². The van der Waals surface area contributed by atoms with Gasteiger partial charge in [0.15, 0.2) is 11.6 Å². The molecule has 0 radical (unpaired) electrons. The lowest BCUT2D eigenvalue weighted by Crippen LogP contribution is -2.48. The van der Waals surface area contributed by atoms with Gasteiger partial charge in [-0.25, -0.2) is 9.97 Å². The van der Waals surface area contributed by atoms with Gasteiger partial charge in [-0.1, -0.05) is 0 Å². The van der Waals surface area contributed by atoms with E-state index in [1.165, 1.54) is 0 Å². The standard InChI is InChI=1S/C17H25N7/c1-22(2)7-8-23-9-11-24(12-10-23)17-16(18)20-13-15(21-17)14-3-5-19-6-4-14/h3-6,13H,7-12H2,1-2H3,(H2,18,20). The van der Waals surface area contributed by atoms with Crippen molar-refractivity contribution < 1.29 is 0 Å².